The van der Waals surface area contributed by atoms with Crippen molar-refractivity contribution in [2.75, 3.05) is 52.5 Å². The Kier molecular flexibility index (Phi) is 25.0. The highest BCUT2D eigenvalue weighted by molar-refractivity contribution is 5.75. The van der Waals surface area contributed by atoms with E-state index in [0.717, 1.165) is 32.5 Å². The van der Waals surface area contributed by atoms with Gasteiger partial charge in [-0.15, -0.1) is 0 Å². The summed E-state index contributed by atoms with van der Waals surface area (Å²) in [5, 5.41) is 24.3. The van der Waals surface area contributed by atoms with Crippen LogP contribution in [0, 0.1) is 0 Å². The average Bonchev–Trinajstić information content (AvgIpc) is 2.76. The van der Waals surface area contributed by atoms with Crippen molar-refractivity contribution in [2.24, 2.45) is 0 Å². The van der Waals surface area contributed by atoms with E-state index in [1.54, 1.807) is 0 Å². The van der Waals surface area contributed by atoms with Gasteiger partial charge >= 0.3 is 0 Å². The predicted octanol–water partition coefficient (Wildman–Crippen LogP) is 3.85. The number of nitrogens with zero attached hydrogens (tertiary/aromatic N) is 1. The molecule has 0 aromatic carbocycles. The summed E-state index contributed by atoms with van der Waals surface area (Å²) in [6.45, 7) is 6.90. The summed E-state index contributed by atoms with van der Waals surface area (Å²) in [6.07, 6.45) is 19.0. The van der Waals surface area contributed by atoms with Gasteiger partial charge in [0.1, 0.15) is 0 Å². The predicted molar refractivity (Wildman–Crippen MR) is 131 cm³/mol. The highest BCUT2D eigenvalue weighted by atomic mass is 16.3. The van der Waals surface area contributed by atoms with Gasteiger partial charge in [0.25, 0.3) is 0 Å². The molecule has 0 aliphatic carbocycles. The van der Waals surface area contributed by atoms with Crippen molar-refractivity contribution in [3.05, 3.63) is 0 Å². The lowest BCUT2D eigenvalue weighted by molar-refractivity contribution is -0.121. The Morgan fingerprint density at radius 1 is 0.645 bits per heavy atom. The Morgan fingerprint density at radius 2 is 1.16 bits per heavy atom. The highest BCUT2D eigenvalue weighted by Crippen LogP contribution is 2.12. The van der Waals surface area contributed by atoms with Crippen molar-refractivity contribution in [3.8, 4) is 0 Å². The van der Waals surface area contributed by atoms with Crippen LogP contribution in [0.3, 0.4) is 0 Å². The lowest BCUT2D eigenvalue weighted by atomic mass is 10.0. The van der Waals surface area contributed by atoms with Gasteiger partial charge in [-0.25, -0.2) is 0 Å². The van der Waals surface area contributed by atoms with E-state index in [4.69, 9.17) is 10.2 Å². The molecule has 0 atom stereocenters. The number of carbonyl (C=O) groups excluding carboxylic acids is 1. The van der Waals surface area contributed by atoms with Gasteiger partial charge in [0.05, 0.1) is 13.2 Å². The van der Waals surface area contributed by atoms with Crippen molar-refractivity contribution >= 4 is 5.91 Å². The van der Waals surface area contributed by atoms with E-state index in [1.807, 2.05) is 4.90 Å². The molecule has 0 rings (SSSR count). The molecule has 0 saturated heterocycles. The normalized spacial score (nSPS) is 11.4. The lowest BCUT2D eigenvalue weighted by Crippen LogP contribution is -2.33. The average molecular weight is 444 g/mol. The van der Waals surface area contributed by atoms with Crippen LogP contribution >= 0.6 is 0 Å². The molecule has 0 saturated carbocycles. The molecule has 6 heteroatoms. The molecule has 0 aromatic heterocycles. The first kappa shape index (κ1) is 30.3. The van der Waals surface area contributed by atoms with Crippen molar-refractivity contribution in [3.63, 3.8) is 0 Å². The first-order valence-corrected chi connectivity index (χ1v) is 13.2. The van der Waals surface area contributed by atoms with Crippen molar-refractivity contribution in [2.45, 2.75) is 103 Å². The zero-order chi connectivity index (χ0) is 22.8. The summed E-state index contributed by atoms with van der Waals surface area (Å²) in [5.74, 6) is 0.133. The Morgan fingerprint density at radius 3 is 1.68 bits per heavy atom. The maximum atomic E-state index is 11.9. The largest absolute Gasteiger partial charge is 0.395 e. The zero-order valence-corrected chi connectivity index (χ0v) is 20.5. The molecule has 0 fully saturated rings. The third-order valence-electron chi connectivity index (χ3n) is 5.79. The fourth-order valence-corrected chi connectivity index (χ4v) is 3.83. The molecule has 0 spiro atoms. The molecule has 0 aromatic rings. The van der Waals surface area contributed by atoms with E-state index in [1.165, 1.54) is 77.0 Å². The molecule has 0 unspecified atom stereocenters. The molecule has 0 aliphatic rings. The number of amides is 1. The number of hydrogen-bond acceptors (Lipinski definition) is 5. The minimum atomic E-state index is 0.118. The first-order chi connectivity index (χ1) is 15.2. The van der Waals surface area contributed by atoms with Crippen LogP contribution in [0.15, 0.2) is 0 Å². The van der Waals surface area contributed by atoms with E-state index in [2.05, 4.69) is 17.6 Å². The maximum Gasteiger partial charge on any atom is 0.221 e. The number of unbranched alkanes of at least 4 members (excludes halogenated alkanes) is 12. The SMILES string of the molecule is CCCCCCCCCCCCCCCNC(=O)CCNCCCN(CCO)CCO. The van der Waals surface area contributed by atoms with Gasteiger partial charge in [-0.05, 0) is 25.9 Å². The van der Waals surface area contributed by atoms with Crippen molar-refractivity contribution in [1.82, 2.24) is 15.5 Å². The van der Waals surface area contributed by atoms with Crippen LogP contribution in [0.4, 0.5) is 0 Å². The summed E-state index contributed by atoms with van der Waals surface area (Å²) >= 11 is 0. The second-order valence-electron chi connectivity index (χ2n) is 8.74. The second-order valence-corrected chi connectivity index (χ2v) is 8.74. The number of aliphatic hydroxyl groups excluding tert-OH is 2. The monoisotopic (exact) mass is 443 g/mol. The van der Waals surface area contributed by atoms with Crippen molar-refractivity contribution in [1.29, 1.82) is 0 Å². The van der Waals surface area contributed by atoms with Gasteiger partial charge in [0.15, 0.2) is 0 Å². The quantitative estimate of drug-likeness (QED) is 0.161. The molecular weight excluding hydrogens is 390 g/mol. The number of aliphatic hydroxyl groups is 2. The van der Waals surface area contributed by atoms with Crippen LogP contribution < -0.4 is 10.6 Å². The molecule has 1 amide bonds. The summed E-state index contributed by atoms with van der Waals surface area (Å²) in [7, 11) is 0. The van der Waals surface area contributed by atoms with Crippen LogP contribution in [0.25, 0.3) is 0 Å². The molecule has 0 radical (unpaired) electrons. The zero-order valence-electron chi connectivity index (χ0n) is 20.5. The summed E-state index contributed by atoms with van der Waals surface area (Å²) in [6, 6.07) is 0. The maximum absolute atomic E-state index is 11.9. The first-order valence-electron chi connectivity index (χ1n) is 13.2. The third-order valence-corrected chi connectivity index (χ3v) is 5.79. The fourth-order valence-electron chi connectivity index (χ4n) is 3.83. The summed E-state index contributed by atoms with van der Waals surface area (Å²) < 4.78 is 0. The van der Waals surface area contributed by atoms with E-state index >= 15 is 0 Å². The van der Waals surface area contributed by atoms with Gasteiger partial charge in [0, 0.05) is 32.6 Å². The molecule has 0 bridgehead atoms. The van der Waals surface area contributed by atoms with Crippen LogP contribution in [-0.4, -0.2) is 73.5 Å². The highest BCUT2D eigenvalue weighted by Gasteiger charge is 2.03. The number of hydrogen-bond donors (Lipinski definition) is 4. The minimum absolute atomic E-state index is 0.118. The Balaban J connectivity index is 3.28. The van der Waals surface area contributed by atoms with E-state index in [9.17, 15) is 4.79 Å². The van der Waals surface area contributed by atoms with Crippen LogP contribution in [0.1, 0.15) is 103 Å². The van der Waals surface area contributed by atoms with Gasteiger partial charge in [-0.3, -0.25) is 9.69 Å². The smallest absolute Gasteiger partial charge is 0.221 e. The van der Waals surface area contributed by atoms with Gasteiger partial charge < -0.3 is 20.8 Å². The molecule has 4 N–H and O–H groups in total. The summed E-state index contributed by atoms with van der Waals surface area (Å²) in [5.41, 5.74) is 0. The number of nitrogens with one attached hydrogen (secondary N) is 2. The number of carbonyl (C=O) groups is 1. The molecule has 6 nitrogen and oxygen atoms in total. The molecule has 0 heterocycles. The van der Waals surface area contributed by atoms with Crippen LogP contribution in [-0.2, 0) is 4.79 Å². The van der Waals surface area contributed by atoms with Crippen molar-refractivity contribution < 1.29 is 15.0 Å². The Bertz CT molecular complexity index is 364. The standard InChI is InChI=1S/C25H53N3O3/c1-2-3-4-5-6-7-8-9-10-11-12-13-14-18-27-25(31)16-19-26-17-15-20-28(21-23-29)22-24-30/h26,29-30H,2-24H2,1H3,(H,27,31). The van der Waals surface area contributed by atoms with Gasteiger partial charge in [-0.1, -0.05) is 84.0 Å². The minimum Gasteiger partial charge on any atom is -0.395 e. The van der Waals surface area contributed by atoms with E-state index in [-0.39, 0.29) is 19.1 Å². The molecular formula is C25H53N3O3. The van der Waals surface area contributed by atoms with E-state index < -0.39 is 0 Å². The topological polar surface area (TPSA) is 84.8 Å². The lowest BCUT2D eigenvalue weighted by Gasteiger charge is -2.19. The third kappa shape index (κ3) is 23.8. The Labute approximate surface area is 192 Å². The van der Waals surface area contributed by atoms with E-state index in [0.29, 0.717) is 26.1 Å². The molecule has 0 aliphatic heterocycles. The Hall–Kier alpha value is -0.690. The van der Waals surface area contributed by atoms with Gasteiger partial charge in [0.2, 0.25) is 5.91 Å². The number of rotatable bonds is 25. The van der Waals surface area contributed by atoms with Gasteiger partial charge in [-0.2, -0.15) is 0 Å². The summed E-state index contributed by atoms with van der Waals surface area (Å²) in [4.78, 5) is 13.9. The van der Waals surface area contributed by atoms with Crippen LogP contribution in [0.2, 0.25) is 0 Å². The fraction of sp³-hybridized carbons (Fsp3) is 0.960. The second kappa shape index (κ2) is 25.6. The molecule has 31 heavy (non-hydrogen) atoms. The molecule has 186 valence electrons. The van der Waals surface area contributed by atoms with Crippen LogP contribution in [0.5, 0.6) is 0 Å².